The maximum absolute atomic E-state index is 12.0. The van der Waals surface area contributed by atoms with Gasteiger partial charge in [0.2, 0.25) is 0 Å². The summed E-state index contributed by atoms with van der Waals surface area (Å²) in [5.74, 6) is 2.65. The van der Waals surface area contributed by atoms with Crippen LogP contribution < -0.4 is 10.2 Å². The Bertz CT molecular complexity index is 871. The Morgan fingerprint density at radius 3 is 2.56 bits per heavy atom. The van der Waals surface area contributed by atoms with E-state index >= 15 is 0 Å². The molecule has 146 valence electrons. The monoisotopic (exact) mass is 388 g/mol. The van der Waals surface area contributed by atoms with Crippen molar-refractivity contribution in [3.63, 3.8) is 0 Å². The third-order valence-electron chi connectivity index (χ3n) is 5.04. The zero-order chi connectivity index (χ0) is 19.4. The van der Waals surface area contributed by atoms with Gasteiger partial charge in [-0.05, 0) is 26.7 Å². The Hall–Kier alpha value is -2.15. The van der Waals surface area contributed by atoms with Crippen molar-refractivity contribution in [1.29, 1.82) is 0 Å². The van der Waals surface area contributed by atoms with Crippen LogP contribution >= 0.6 is 0 Å². The lowest BCUT2D eigenvalue weighted by atomic mass is 10.2. The van der Waals surface area contributed by atoms with Gasteiger partial charge in [0.05, 0.1) is 11.5 Å². The lowest BCUT2D eigenvalue weighted by Crippen LogP contribution is -2.37. The van der Waals surface area contributed by atoms with E-state index in [4.69, 9.17) is 9.97 Å². The second-order valence-electron chi connectivity index (χ2n) is 7.10. The second-order valence-corrected chi connectivity index (χ2v) is 9.33. The van der Waals surface area contributed by atoms with Crippen LogP contribution in [0.3, 0.4) is 0 Å². The second kappa shape index (κ2) is 8.25. The summed E-state index contributed by atoms with van der Waals surface area (Å²) in [4.78, 5) is 11.6. The summed E-state index contributed by atoms with van der Waals surface area (Å²) in [7, 11) is -2.95. The third kappa shape index (κ3) is 4.77. The number of nitrogens with zero attached hydrogens (tertiary/aromatic N) is 3. The summed E-state index contributed by atoms with van der Waals surface area (Å²) in [5, 5.41) is 3.43. The Labute approximate surface area is 162 Å². The van der Waals surface area contributed by atoms with Crippen molar-refractivity contribution in [3.8, 4) is 11.4 Å². The maximum atomic E-state index is 12.0. The third-order valence-corrected chi connectivity index (χ3v) is 6.79. The lowest BCUT2D eigenvalue weighted by molar-refractivity contribution is 0.599. The molecule has 1 aliphatic heterocycles. The summed E-state index contributed by atoms with van der Waals surface area (Å²) in [5.41, 5.74) is 0.946. The minimum Gasteiger partial charge on any atom is -0.367 e. The smallest absolute Gasteiger partial charge is 0.163 e. The van der Waals surface area contributed by atoms with Crippen LogP contribution in [-0.2, 0) is 9.84 Å². The minimum atomic E-state index is -2.95. The molecular weight excluding hydrogens is 360 g/mol. The van der Waals surface area contributed by atoms with E-state index in [0.717, 1.165) is 23.6 Å². The number of benzene rings is 1. The summed E-state index contributed by atoms with van der Waals surface area (Å²) in [6.07, 6.45) is 1.63. The topological polar surface area (TPSA) is 75.2 Å². The molecule has 2 unspecified atom stereocenters. The van der Waals surface area contributed by atoms with Crippen molar-refractivity contribution in [2.24, 2.45) is 0 Å². The predicted molar refractivity (Wildman–Crippen MR) is 111 cm³/mol. The minimum absolute atomic E-state index is 0.0324. The Morgan fingerprint density at radius 1 is 1.22 bits per heavy atom. The number of nitrogens with one attached hydrogen (secondary N) is 1. The van der Waals surface area contributed by atoms with Gasteiger partial charge in [-0.3, -0.25) is 0 Å². The van der Waals surface area contributed by atoms with E-state index in [1.165, 1.54) is 0 Å². The van der Waals surface area contributed by atoms with Crippen LogP contribution in [0.25, 0.3) is 11.4 Å². The summed E-state index contributed by atoms with van der Waals surface area (Å²) in [6, 6.07) is 12.1. The van der Waals surface area contributed by atoms with Gasteiger partial charge in [-0.2, -0.15) is 0 Å². The molecule has 0 spiro atoms. The van der Waals surface area contributed by atoms with Crippen molar-refractivity contribution >= 4 is 21.5 Å². The molecule has 0 saturated carbocycles. The van der Waals surface area contributed by atoms with Crippen LogP contribution in [0.15, 0.2) is 36.4 Å². The SMILES string of the molecule is CCC(C)Nc1cc(N(CC)C2CCS(=O)(=O)C2)nc(-c2ccccc2)n1. The van der Waals surface area contributed by atoms with Gasteiger partial charge < -0.3 is 10.2 Å². The zero-order valence-electron chi connectivity index (χ0n) is 16.2. The summed E-state index contributed by atoms with van der Waals surface area (Å²) >= 11 is 0. The van der Waals surface area contributed by atoms with Gasteiger partial charge in [0, 0.05) is 30.3 Å². The molecule has 0 radical (unpaired) electrons. The number of hydrogen-bond acceptors (Lipinski definition) is 6. The molecule has 7 heteroatoms. The van der Waals surface area contributed by atoms with Gasteiger partial charge in [-0.25, -0.2) is 18.4 Å². The van der Waals surface area contributed by atoms with E-state index in [1.54, 1.807) is 0 Å². The van der Waals surface area contributed by atoms with E-state index in [1.807, 2.05) is 43.3 Å². The van der Waals surface area contributed by atoms with Gasteiger partial charge in [0.1, 0.15) is 11.6 Å². The van der Waals surface area contributed by atoms with Gasteiger partial charge >= 0.3 is 0 Å². The van der Waals surface area contributed by atoms with Crippen molar-refractivity contribution in [3.05, 3.63) is 36.4 Å². The molecule has 6 nitrogen and oxygen atoms in total. The van der Waals surface area contributed by atoms with E-state index < -0.39 is 9.84 Å². The molecule has 0 aliphatic carbocycles. The molecule has 0 bridgehead atoms. The van der Waals surface area contributed by atoms with Crippen LogP contribution in [0, 0.1) is 0 Å². The molecule has 1 aromatic carbocycles. The largest absolute Gasteiger partial charge is 0.367 e. The highest BCUT2D eigenvalue weighted by molar-refractivity contribution is 7.91. The molecule has 2 atom stereocenters. The maximum Gasteiger partial charge on any atom is 0.163 e. The Balaban J connectivity index is 2.00. The van der Waals surface area contributed by atoms with Crippen molar-refractivity contribution < 1.29 is 8.42 Å². The quantitative estimate of drug-likeness (QED) is 0.784. The number of aromatic nitrogens is 2. The summed E-state index contributed by atoms with van der Waals surface area (Å²) < 4.78 is 23.9. The fourth-order valence-electron chi connectivity index (χ4n) is 3.35. The van der Waals surface area contributed by atoms with Crippen LogP contribution in [0.5, 0.6) is 0 Å². The highest BCUT2D eigenvalue weighted by Crippen LogP contribution is 2.27. The lowest BCUT2D eigenvalue weighted by Gasteiger charge is -2.29. The van der Waals surface area contributed by atoms with Crippen molar-refractivity contribution in [1.82, 2.24) is 9.97 Å². The number of hydrogen-bond donors (Lipinski definition) is 1. The Kier molecular flexibility index (Phi) is 5.99. The molecular formula is C20H28N4O2S. The first-order valence-electron chi connectivity index (χ1n) is 9.60. The fraction of sp³-hybridized carbons (Fsp3) is 0.500. The molecule has 2 aromatic rings. The number of rotatable bonds is 7. The van der Waals surface area contributed by atoms with E-state index in [9.17, 15) is 8.42 Å². The first-order chi connectivity index (χ1) is 12.9. The molecule has 1 N–H and O–H groups in total. The predicted octanol–water partition coefficient (Wildman–Crippen LogP) is 3.37. The van der Waals surface area contributed by atoms with Crippen LogP contribution in [-0.4, -0.2) is 48.5 Å². The number of anilines is 2. The first kappa shape index (κ1) is 19.6. The average molecular weight is 389 g/mol. The van der Waals surface area contributed by atoms with Crippen molar-refractivity contribution in [2.45, 2.75) is 45.7 Å². The standard InChI is InChI=1S/C20H28N4O2S/c1-4-15(3)21-18-13-19(23-20(22-18)16-9-7-6-8-10-16)24(5-2)17-11-12-27(25,26)14-17/h6-10,13,15,17H,4-5,11-12,14H2,1-3H3,(H,21,22,23). The average Bonchev–Trinajstić information content (AvgIpc) is 3.02. The summed E-state index contributed by atoms with van der Waals surface area (Å²) in [6.45, 7) is 6.98. The van der Waals surface area contributed by atoms with Crippen molar-refractivity contribution in [2.75, 3.05) is 28.3 Å². The number of sulfone groups is 1. The normalized spacial score (nSPS) is 19.6. The van der Waals surface area contributed by atoms with Gasteiger partial charge in [-0.1, -0.05) is 37.3 Å². The molecule has 27 heavy (non-hydrogen) atoms. The first-order valence-corrected chi connectivity index (χ1v) is 11.4. The highest BCUT2D eigenvalue weighted by Gasteiger charge is 2.32. The van der Waals surface area contributed by atoms with Crippen LogP contribution in [0.1, 0.15) is 33.6 Å². The molecule has 1 aromatic heterocycles. The Morgan fingerprint density at radius 2 is 1.96 bits per heavy atom. The molecule has 1 fully saturated rings. The van der Waals surface area contributed by atoms with Gasteiger partial charge in [-0.15, -0.1) is 0 Å². The molecule has 2 heterocycles. The van der Waals surface area contributed by atoms with E-state index in [-0.39, 0.29) is 17.5 Å². The van der Waals surface area contributed by atoms with Gasteiger partial charge in [0.15, 0.2) is 15.7 Å². The van der Waals surface area contributed by atoms with Crippen LogP contribution in [0.4, 0.5) is 11.6 Å². The van der Waals surface area contributed by atoms with Gasteiger partial charge in [0.25, 0.3) is 0 Å². The zero-order valence-corrected chi connectivity index (χ0v) is 17.0. The fourth-order valence-corrected chi connectivity index (χ4v) is 5.09. The van der Waals surface area contributed by atoms with E-state index in [0.29, 0.717) is 24.8 Å². The highest BCUT2D eigenvalue weighted by atomic mass is 32.2. The molecule has 1 aliphatic rings. The molecule has 1 saturated heterocycles. The molecule has 3 rings (SSSR count). The molecule has 0 amide bonds. The van der Waals surface area contributed by atoms with Crippen LogP contribution in [0.2, 0.25) is 0 Å². The van der Waals surface area contributed by atoms with E-state index in [2.05, 4.69) is 24.1 Å².